The van der Waals surface area contributed by atoms with Crippen molar-refractivity contribution in [3.8, 4) is 0 Å². The molecule has 116 valence electrons. The second-order valence-electron chi connectivity index (χ2n) is 5.75. The Morgan fingerprint density at radius 3 is 2.90 bits per heavy atom. The van der Waals surface area contributed by atoms with Crippen molar-refractivity contribution in [1.82, 2.24) is 5.32 Å². The standard InChI is InChI=1S/C16H25N3O2/c1-4-15-11(7-8-21-15)10-18-16(20)13-9-12(17)5-6-14(13)19(2)3/h5-6,9,11,15H,4,7-8,10,17H2,1-3H3,(H,18,20). The molecule has 1 aliphatic rings. The van der Waals surface area contributed by atoms with E-state index in [2.05, 4.69) is 12.2 Å². The zero-order valence-electron chi connectivity index (χ0n) is 13.1. The average Bonchev–Trinajstić information content (AvgIpc) is 2.91. The molecular formula is C16H25N3O2. The van der Waals surface area contributed by atoms with E-state index >= 15 is 0 Å². The molecule has 0 aromatic heterocycles. The molecule has 2 unspecified atom stereocenters. The number of nitrogens with zero attached hydrogens (tertiary/aromatic N) is 1. The number of hydrogen-bond donors (Lipinski definition) is 2. The van der Waals surface area contributed by atoms with Gasteiger partial charge in [-0.25, -0.2) is 0 Å². The molecule has 0 spiro atoms. The summed E-state index contributed by atoms with van der Waals surface area (Å²) >= 11 is 0. The average molecular weight is 291 g/mol. The summed E-state index contributed by atoms with van der Waals surface area (Å²) in [5, 5.41) is 3.03. The number of carbonyl (C=O) groups excluding carboxylic acids is 1. The van der Waals surface area contributed by atoms with Gasteiger partial charge in [-0.2, -0.15) is 0 Å². The van der Waals surface area contributed by atoms with Crippen molar-refractivity contribution in [1.29, 1.82) is 0 Å². The monoisotopic (exact) mass is 291 g/mol. The van der Waals surface area contributed by atoms with E-state index in [1.54, 1.807) is 6.07 Å². The van der Waals surface area contributed by atoms with E-state index in [0.717, 1.165) is 25.1 Å². The van der Waals surface area contributed by atoms with Crippen molar-refractivity contribution in [3.63, 3.8) is 0 Å². The van der Waals surface area contributed by atoms with E-state index < -0.39 is 0 Å². The second-order valence-corrected chi connectivity index (χ2v) is 5.75. The van der Waals surface area contributed by atoms with Crippen LogP contribution in [0.4, 0.5) is 11.4 Å². The largest absolute Gasteiger partial charge is 0.399 e. The minimum atomic E-state index is -0.0762. The van der Waals surface area contributed by atoms with Gasteiger partial charge in [-0.05, 0) is 31.0 Å². The second kappa shape index (κ2) is 6.80. The van der Waals surface area contributed by atoms with Gasteiger partial charge in [-0.1, -0.05) is 6.92 Å². The first-order valence-electron chi connectivity index (χ1n) is 7.49. The van der Waals surface area contributed by atoms with Crippen LogP contribution in [0.5, 0.6) is 0 Å². The zero-order valence-corrected chi connectivity index (χ0v) is 13.1. The Bertz CT molecular complexity index is 502. The van der Waals surface area contributed by atoms with Crippen LogP contribution in [0.3, 0.4) is 0 Å². The summed E-state index contributed by atoms with van der Waals surface area (Å²) in [5.41, 5.74) is 7.90. The van der Waals surface area contributed by atoms with Crippen molar-refractivity contribution in [2.45, 2.75) is 25.9 Å². The highest BCUT2D eigenvalue weighted by atomic mass is 16.5. The van der Waals surface area contributed by atoms with Crippen LogP contribution < -0.4 is 16.0 Å². The highest BCUT2D eigenvalue weighted by molar-refractivity contribution is 6.00. The van der Waals surface area contributed by atoms with Crippen LogP contribution in [0.1, 0.15) is 30.1 Å². The Morgan fingerprint density at radius 1 is 1.48 bits per heavy atom. The number of benzene rings is 1. The van der Waals surface area contributed by atoms with Crippen LogP contribution in [-0.2, 0) is 4.74 Å². The van der Waals surface area contributed by atoms with Gasteiger partial charge in [0.25, 0.3) is 5.91 Å². The van der Waals surface area contributed by atoms with Gasteiger partial charge in [0.15, 0.2) is 0 Å². The molecule has 2 atom stereocenters. The molecule has 0 radical (unpaired) electrons. The lowest BCUT2D eigenvalue weighted by atomic mass is 9.99. The normalized spacial score (nSPS) is 21.3. The first-order valence-corrected chi connectivity index (χ1v) is 7.49. The number of nitrogens with two attached hydrogens (primary N) is 1. The van der Waals surface area contributed by atoms with E-state index in [1.807, 2.05) is 31.1 Å². The molecule has 1 heterocycles. The number of nitrogens with one attached hydrogen (secondary N) is 1. The molecule has 0 saturated carbocycles. The van der Waals surface area contributed by atoms with Gasteiger partial charge >= 0.3 is 0 Å². The van der Waals surface area contributed by atoms with Crippen LogP contribution in [0.2, 0.25) is 0 Å². The number of ether oxygens (including phenoxy) is 1. The minimum Gasteiger partial charge on any atom is -0.399 e. The smallest absolute Gasteiger partial charge is 0.253 e. The number of anilines is 2. The van der Waals surface area contributed by atoms with Crippen LogP contribution >= 0.6 is 0 Å². The summed E-state index contributed by atoms with van der Waals surface area (Å²) in [7, 11) is 3.83. The van der Waals surface area contributed by atoms with Gasteiger partial charge in [-0.3, -0.25) is 4.79 Å². The molecule has 2 rings (SSSR count). The lowest BCUT2D eigenvalue weighted by Gasteiger charge is -2.20. The topological polar surface area (TPSA) is 67.6 Å². The fraction of sp³-hybridized carbons (Fsp3) is 0.562. The predicted molar refractivity (Wildman–Crippen MR) is 85.7 cm³/mol. The zero-order chi connectivity index (χ0) is 15.4. The number of rotatable bonds is 5. The van der Waals surface area contributed by atoms with Gasteiger partial charge in [-0.15, -0.1) is 0 Å². The summed E-state index contributed by atoms with van der Waals surface area (Å²) in [4.78, 5) is 14.4. The van der Waals surface area contributed by atoms with Gasteiger partial charge in [0.2, 0.25) is 0 Å². The Labute approximate surface area is 126 Å². The lowest BCUT2D eigenvalue weighted by molar-refractivity contribution is 0.0827. The highest BCUT2D eigenvalue weighted by Gasteiger charge is 2.27. The first kappa shape index (κ1) is 15.6. The summed E-state index contributed by atoms with van der Waals surface area (Å²) in [6, 6.07) is 5.41. The number of nitrogen functional groups attached to an aromatic ring is 1. The van der Waals surface area contributed by atoms with Crippen molar-refractivity contribution >= 4 is 17.3 Å². The third-order valence-corrected chi connectivity index (χ3v) is 4.02. The molecule has 5 nitrogen and oxygen atoms in total. The molecule has 3 N–H and O–H groups in total. The highest BCUT2D eigenvalue weighted by Crippen LogP contribution is 2.24. The predicted octanol–water partition coefficient (Wildman–Crippen LogP) is 1.88. The molecule has 21 heavy (non-hydrogen) atoms. The van der Waals surface area contributed by atoms with Crippen LogP contribution in [0.15, 0.2) is 18.2 Å². The quantitative estimate of drug-likeness (QED) is 0.813. The van der Waals surface area contributed by atoms with Crippen LogP contribution in [0, 0.1) is 5.92 Å². The molecule has 1 saturated heterocycles. The Morgan fingerprint density at radius 2 is 2.24 bits per heavy atom. The summed E-state index contributed by atoms with van der Waals surface area (Å²) in [6.45, 7) is 3.56. The third-order valence-electron chi connectivity index (χ3n) is 4.02. The van der Waals surface area contributed by atoms with Crippen molar-refractivity contribution in [2.24, 2.45) is 5.92 Å². The first-order chi connectivity index (χ1) is 10.0. The summed E-state index contributed by atoms with van der Waals surface area (Å²) in [6.07, 6.45) is 2.26. The van der Waals surface area contributed by atoms with Crippen LogP contribution in [0.25, 0.3) is 0 Å². The number of amides is 1. The van der Waals surface area contributed by atoms with Gasteiger partial charge in [0.05, 0.1) is 11.7 Å². The maximum Gasteiger partial charge on any atom is 0.253 e. The fourth-order valence-corrected chi connectivity index (χ4v) is 2.82. The number of hydrogen-bond acceptors (Lipinski definition) is 4. The van der Waals surface area contributed by atoms with Crippen molar-refractivity contribution in [3.05, 3.63) is 23.8 Å². The summed E-state index contributed by atoms with van der Waals surface area (Å²) < 4.78 is 5.65. The van der Waals surface area contributed by atoms with Gasteiger partial charge in [0, 0.05) is 44.5 Å². The fourth-order valence-electron chi connectivity index (χ4n) is 2.82. The molecule has 0 bridgehead atoms. The van der Waals surface area contributed by atoms with E-state index in [0.29, 0.717) is 23.7 Å². The van der Waals surface area contributed by atoms with Crippen molar-refractivity contribution in [2.75, 3.05) is 37.9 Å². The van der Waals surface area contributed by atoms with Crippen LogP contribution in [-0.4, -0.2) is 39.3 Å². The SMILES string of the molecule is CCC1OCCC1CNC(=O)c1cc(N)ccc1N(C)C. The molecule has 1 fully saturated rings. The Balaban J connectivity index is 2.05. The molecule has 1 aliphatic heterocycles. The Kier molecular flexibility index (Phi) is 5.07. The van der Waals surface area contributed by atoms with Crippen molar-refractivity contribution < 1.29 is 9.53 Å². The third kappa shape index (κ3) is 3.67. The molecule has 1 aromatic carbocycles. The van der Waals surface area contributed by atoms with Gasteiger partial charge < -0.3 is 20.7 Å². The van der Waals surface area contributed by atoms with E-state index in [4.69, 9.17) is 10.5 Å². The summed E-state index contributed by atoms with van der Waals surface area (Å²) in [5.74, 6) is 0.329. The maximum atomic E-state index is 12.4. The van der Waals surface area contributed by atoms with E-state index in [1.165, 1.54) is 0 Å². The van der Waals surface area contributed by atoms with Gasteiger partial charge in [0.1, 0.15) is 0 Å². The Hall–Kier alpha value is -1.75. The van der Waals surface area contributed by atoms with E-state index in [-0.39, 0.29) is 12.0 Å². The number of carbonyl (C=O) groups is 1. The molecular weight excluding hydrogens is 266 g/mol. The molecule has 1 amide bonds. The molecule has 0 aliphatic carbocycles. The maximum absolute atomic E-state index is 12.4. The van der Waals surface area contributed by atoms with E-state index in [9.17, 15) is 4.79 Å². The minimum absolute atomic E-state index is 0.0762. The molecule has 1 aromatic rings. The molecule has 5 heteroatoms. The lowest BCUT2D eigenvalue weighted by Crippen LogP contribution is -2.33.